The van der Waals surface area contributed by atoms with Crippen LogP contribution in [0.15, 0.2) is 71.5 Å². The first kappa shape index (κ1) is 21.2. The zero-order valence-corrected chi connectivity index (χ0v) is 17.1. The van der Waals surface area contributed by atoms with Crippen LogP contribution in [0.25, 0.3) is 44.4 Å². The van der Waals surface area contributed by atoms with Gasteiger partial charge in [-0.3, -0.25) is 4.79 Å². The maximum atomic E-state index is 14.8. The van der Waals surface area contributed by atoms with E-state index >= 15 is 0 Å². The van der Waals surface area contributed by atoms with E-state index in [1.165, 1.54) is 24.3 Å². The van der Waals surface area contributed by atoms with E-state index in [-0.39, 0.29) is 34.0 Å². The Kier molecular flexibility index (Phi) is 4.98. The molecule has 166 valence electrons. The molecular formula is C25H12F4N4O. The van der Waals surface area contributed by atoms with Crippen LogP contribution in [0.5, 0.6) is 0 Å². The number of nitrogens with one attached hydrogen (secondary N) is 1. The molecule has 9 heteroatoms. The molecule has 0 saturated heterocycles. The lowest BCUT2D eigenvalue weighted by Gasteiger charge is -2.08. The Hall–Kier alpha value is -4.71. The molecule has 1 N–H and O–H groups in total. The van der Waals surface area contributed by atoms with E-state index in [1.54, 1.807) is 12.1 Å². The van der Waals surface area contributed by atoms with Crippen molar-refractivity contribution in [3.63, 3.8) is 0 Å². The number of hydrogen-bond donors (Lipinski definition) is 1. The number of fused-ring (bicyclic) bond motifs is 1. The molecule has 0 amide bonds. The summed E-state index contributed by atoms with van der Waals surface area (Å²) in [6.45, 7) is 7.12. The molecule has 0 fully saturated rings. The van der Waals surface area contributed by atoms with Crippen molar-refractivity contribution in [2.75, 3.05) is 0 Å². The topological polar surface area (TPSA) is 54.5 Å². The van der Waals surface area contributed by atoms with Crippen LogP contribution in [-0.2, 0) is 0 Å². The number of hydrogen-bond acceptors (Lipinski definition) is 2. The van der Waals surface area contributed by atoms with E-state index in [0.29, 0.717) is 23.4 Å². The molecule has 5 rings (SSSR count). The summed E-state index contributed by atoms with van der Waals surface area (Å²) in [7, 11) is 0. The van der Waals surface area contributed by atoms with Gasteiger partial charge in [0.1, 0.15) is 23.3 Å². The van der Waals surface area contributed by atoms with Crippen molar-refractivity contribution in [1.82, 2.24) is 14.4 Å². The van der Waals surface area contributed by atoms with Crippen LogP contribution in [0.2, 0.25) is 0 Å². The Morgan fingerprint density at radius 3 is 2.03 bits per heavy atom. The number of H-pyrrole nitrogens is 1. The van der Waals surface area contributed by atoms with Gasteiger partial charge >= 0.3 is 0 Å². The minimum absolute atomic E-state index is 0.0331. The predicted octanol–water partition coefficient (Wildman–Crippen LogP) is 6.13. The molecule has 0 aliphatic carbocycles. The van der Waals surface area contributed by atoms with Gasteiger partial charge in [-0.2, -0.15) is 0 Å². The van der Waals surface area contributed by atoms with Gasteiger partial charge in [0.15, 0.2) is 5.69 Å². The van der Waals surface area contributed by atoms with E-state index in [1.807, 2.05) is 0 Å². The summed E-state index contributed by atoms with van der Waals surface area (Å²) in [4.78, 5) is 23.8. The molecule has 0 radical (unpaired) electrons. The zero-order chi connectivity index (χ0) is 24.0. The Morgan fingerprint density at radius 1 is 0.824 bits per heavy atom. The molecule has 0 spiro atoms. The van der Waals surface area contributed by atoms with Gasteiger partial charge in [0.2, 0.25) is 5.78 Å². The molecule has 5 aromatic rings. The van der Waals surface area contributed by atoms with E-state index < -0.39 is 28.8 Å². The average Bonchev–Trinajstić information content (AvgIpc) is 3.19. The SMILES string of the molecule is [C-]#[N+]c1ccc(-c2nc3[nH]c(-c4ccc(F)cc4F)cc(=O)n3c2-c2ccc(F)cc2F)cc1. The molecule has 34 heavy (non-hydrogen) atoms. The van der Waals surface area contributed by atoms with Gasteiger partial charge in [-0.05, 0) is 29.8 Å². The van der Waals surface area contributed by atoms with Crippen LogP contribution >= 0.6 is 0 Å². The van der Waals surface area contributed by atoms with Gasteiger partial charge in [-0.15, -0.1) is 0 Å². The number of nitrogens with zero attached hydrogens (tertiary/aromatic N) is 3. The lowest BCUT2D eigenvalue weighted by molar-refractivity contribution is 0.584. The Bertz CT molecular complexity index is 1680. The highest BCUT2D eigenvalue weighted by molar-refractivity contribution is 5.82. The van der Waals surface area contributed by atoms with Crippen molar-refractivity contribution < 1.29 is 17.6 Å². The number of halogens is 4. The van der Waals surface area contributed by atoms with Gasteiger partial charge in [-0.25, -0.2) is 31.8 Å². The van der Waals surface area contributed by atoms with Crippen molar-refractivity contribution in [3.05, 3.63) is 112 Å². The van der Waals surface area contributed by atoms with Gasteiger partial charge in [0, 0.05) is 29.3 Å². The van der Waals surface area contributed by atoms with Crippen LogP contribution < -0.4 is 5.56 Å². The standard InChI is InChI=1S/C25H12F4N4O/c1-30-16-6-2-13(3-7-16)23-24(18-9-5-15(27)11-20(18)29)33-22(34)12-21(31-25(33)32-23)17-8-4-14(26)10-19(17)28/h2-12H,(H,31,32). The fraction of sp³-hybridized carbons (Fsp3) is 0. The lowest BCUT2D eigenvalue weighted by Crippen LogP contribution is -2.15. The maximum Gasteiger partial charge on any atom is 0.260 e. The van der Waals surface area contributed by atoms with Gasteiger partial charge in [-0.1, -0.05) is 24.3 Å². The molecule has 0 bridgehead atoms. The van der Waals surface area contributed by atoms with Crippen molar-refractivity contribution in [2.24, 2.45) is 0 Å². The number of aromatic amines is 1. The maximum absolute atomic E-state index is 14.8. The summed E-state index contributed by atoms with van der Waals surface area (Å²) >= 11 is 0. The first-order chi connectivity index (χ1) is 16.4. The van der Waals surface area contributed by atoms with E-state index in [9.17, 15) is 22.4 Å². The molecule has 0 aliphatic rings. The Labute approximate surface area is 189 Å². The lowest BCUT2D eigenvalue weighted by atomic mass is 10.0. The smallest absolute Gasteiger partial charge is 0.260 e. The quantitative estimate of drug-likeness (QED) is 0.260. The number of benzene rings is 3. The fourth-order valence-electron chi connectivity index (χ4n) is 3.74. The largest absolute Gasteiger partial charge is 0.324 e. The van der Waals surface area contributed by atoms with E-state index in [4.69, 9.17) is 6.57 Å². The second-order valence-corrected chi connectivity index (χ2v) is 7.40. The normalized spacial score (nSPS) is 11.0. The van der Waals surface area contributed by atoms with Crippen LogP contribution in [0.1, 0.15) is 0 Å². The molecule has 2 heterocycles. The van der Waals surface area contributed by atoms with Gasteiger partial charge < -0.3 is 4.98 Å². The van der Waals surface area contributed by atoms with E-state index in [2.05, 4.69) is 14.8 Å². The molecule has 0 atom stereocenters. The Morgan fingerprint density at radius 2 is 1.44 bits per heavy atom. The summed E-state index contributed by atoms with van der Waals surface area (Å²) < 4.78 is 57.2. The summed E-state index contributed by atoms with van der Waals surface area (Å²) in [6, 6.07) is 13.2. The number of aromatic nitrogens is 3. The molecule has 3 aromatic carbocycles. The van der Waals surface area contributed by atoms with Crippen molar-refractivity contribution in [3.8, 4) is 33.8 Å². The third kappa shape index (κ3) is 3.51. The summed E-state index contributed by atoms with van der Waals surface area (Å²) in [5, 5.41) is 0. The Balaban J connectivity index is 1.83. The average molecular weight is 460 g/mol. The van der Waals surface area contributed by atoms with Crippen LogP contribution in [0.4, 0.5) is 23.2 Å². The van der Waals surface area contributed by atoms with Gasteiger partial charge in [0.25, 0.3) is 5.56 Å². The van der Waals surface area contributed by atoms with E-state index in [0.717, 1.165) is 22.6 Å². The molecular weight excluding hydrogens is 448 g/mol. The van der Waals surface area contributed by atoms with Crippen LogP contribution in [-0.4, -0.2) is 14.4 Å². The predicted molar refractivity (Wildman–Crippen MR) is 118 cm³/mol. The highest BCUT2D eigenvalue weighted by atomic mass is 19.1. The second kappa shape index (κ2) is 8.01. The third-order valence-electron chi connectivity index (χ3n) is 5.29. The molecule has 0 saturated carbocycles. The monoisotopic (exact) mass is 460 g/mol. The summed E-state index contributed by atoms with van der Waals surface area (Å²) in [6.07, 6.45) is 0. The molecule has 5 nitrogen and oxygen atoms in total. The molecule has 0 aliphatic heterocycles. The first-order valence-corrected chi connectivity index (χ1v) is 9.90. The minimum Gasteiger partial charge on any atom is -0.324 e. The number of rotatable bonds is 3. The second-order valence-electron chi connectivity index (χ2n) is 7.40. The summed E-state index contributed by atoms with van der Waals surface area (Å²) in [5.41, 5.74) is 0.321. The highest BCUT2D eigenvalue weighted by Gasteiger charge is 2.22. The van der Waals surface area contributed by atoms with Crippen LogP contribution in [0, 0.1) is 29.8 Å². The van der Waals surface area contributed by atoms with Crippen molar-refractivity contribution in [1.29, 1.82) is 0 Å². The minimum atomic E-state index is -0.908. The molecule has 0 unspecified atom stereocenters. The van der Waals surface area contributed by atoms with Crippen LogP contribution in [0.3, 0.4) is 0 Å². The third-order valence-corrected chi connectivity index (χ3v) is 5.29. The van der Waals surface area contributed by atoms with Gasteiger partial charge in [0.05, 0.1) is 23.7 Å². The van der Waals surface area contributed by atoms with Crippen molar-refractivity contribution >= 4 is 11.5 Å². The summed E-state index contributed by atoms with van der Waals surface area (Å²) in [5.74, 6) is -3.39. The fourth-order valence-corrected chi connectivity index (χ4v) is 3.74. The van der Waals surface area contributed by atoms with Crippen molar-refractivity contribution in [2.45, 2.75) is 0 Å². The zero-order valence-electron chi connectivity index (χ0n) is 17.1. The molecule has 2 aromatic heterocycles. The first-order valence-electron chi connectivity index (χ1n) is 9.90. The highest BCUT2D eigenvalue weighted by Crippen LogP contribution is 2.34. The number of imidazole rings is 1.